The van der Waals surface area contributed by atoms with Crippen LogP contribution in [0.15, 0.2) is 22.7 Å². The number of sulfone groups is 1. The largest absolute Gasteiger partial charge is 0.492 e. The van der Waals surface area contributed by atoms with Crippen molar-refractivity contribution in [1.29, 1.82) is 0 Å². The van der Waals surface area contributed by atoms with Crippen molar-refractivity contribution in [2.24, 2.45) is 0 Å². The lowest BCUT2D eigenvalue weighted by molar-refractivity contribution is 0.315. The summed E-state index contributed by atoms with van der Waals surface area (Å²) in [5.41, 5.74) is 0. The molecule has 0 aliphatic heterocycles. The lowest BCUT2D eigenvalue weighted by Crippen LogP contribution is -2.08. The van der Waals surface area contributed by atoms with Crippen LogP contribution in [0.3, 0.4) is 0 Å². The van der Waals surface area contributed by atoms with Crippen molar-refractivity contribution in [3.63, 3.8) is 0 Å². The van der Waals surface area contributed by atoms with Gasteiger partial charge in [0, 0.05) is 6.26 Å². The summed E-state index contributed by atoms with van der Waals surface area (Å²) in [6, 6.07) is 4.09. The van der Waals surface area contributed by atoms with Crippen molar-refractivity contribution < 1.29 is 17.5 Å². The van der Waals surface area contributed by atoms with Gasteiger partial charge in [0.2, 0.25) is 0 Å². The smallest absolute Gasteiger partial charge is 0.147 e. The van der Waals surface area contributed by atoms with Crippen molar-refractivity contribution >= 4 is 25.8 Å². The number of halogens is 2. The standard InChI is InChI=1S/C10H12BrFO3S/c1-16(13,14)6-2-5-15-10-4-3-8(12)7-9(10)11/h3-4,7H,2,5-6H2,1H3. The van der Waals surface area contributed by atoms with E-state index in [1.807, 2.05) is 0 Å². The van der Waals surface area contributed by atoms with Gasteiger partial charge in [-0.15, -0.1) is 0 Å². The van der Waals surface area contributed by atoms with E-state index in [-0.39, 0.29) is 18.2 Å². The molecule has 1 aromatic rings. The van der Waals surface area contributed by atoms with Gasteiger partial charge in [-0.2, -0.15) is 0 Å². The normalized spacial score (nSPS) is 11.4. The summed E-state index contributed by atoms with van der Waals surface area (Å²) in [6.07, 6.45) is 1.60. The lowest BCUT2D eigenvalue weighted by Gasteiger charge is -2.07. The molecule has 0 spiro atoms. The summed E-state index contributed by atoms with van der Waals surface area (Å²) in [5, 5.41) is 0. The molecule has 0 aromatic heterocycles. The minimum absolute atomic E-state index is 0.0891. The predicted octanol–water partition coefficient (Wildman–Crippen LogP) is 2.40. The second kappa shape index (κ2) is 5.63. The van der Waals surface area contributed by atoms with Gasteiger partial charge >= 0.3 is 0 Å². The first kappa shape index (κ1) is 13.4. The quantitative estimate of drug-likeness (QED) is 0.784. The highest BCUT2D eigenvalue weighted by Gasteiger charge is 2.04. The average molecular weight is 311 g/mol. The Morgan fingerprint density at radius 2 is 2.12 bits per heavy atom. The molecule has 0 radical (unpaired) electrons. The van der Waals surface area contributed by atoms with E-state index in [2.05, 4.69) is 15.9 Å². The molecule has 0 atom stereocenters. The SMILES string of the molecule is CS(=O)(=O)CCCOc1ccc(F)cc1Br. The summed E-state index contributed by atoms with van der Waals surface area (Å²) in [4.78, 5) is 0. The minimum Gasteiger partial charge on any atom is -0.492 e. The Bertz CT molecular complexity index is 459. The van der Waals surface area contributed by atoms with Crippen molar-refractivity contribution in [2.45, 2.75) is 6.42 Å². The molecule has 1 rings (SSSR count). The van der Waals surface area contributed by atoms with Crippen molar-refractivity contribution in [3.8, 4) is 5.75 Å². The number of hydrogen-bond donors (Lipinski definition) is 0. The summed E-state index contributed by atoms with van der Waals surface area (Å²) in [6.45, 7) is 0.289. The number of benzene rings is 1. The fourth-order valence-corrected chi connectivity index (χ4v) is 2.20. The van der Waals surface area contributed by atoms with Gasteiger partial charge < -0.3 is 4.74 Å². The topological polar surface area (TPSA) is 43.4 Å². The van der Waals surface area contributed by atoms with E-state index < -0.39 is 9.84 Å². The molecule has 0 amide bonds. The maximum Gasteiger partial charge on any atom is 0.147 e. The molecule has 0 aliphatic carbocycles. The van der Waals surface area contributed by atoms with Crippen LogP contribution >= 0.6 is 15.9 Å². The van der Waals surface area contributed by atoms with Crippen LogP contribution in [0.5, 0.6) is 5.75 Å². The summed E-state index contributed by atoms with van der Waals surface area (Å²) < 4.78 is 40.2. The van der Waals surface area contributed by atoms with Gasteiger partial charge in [0.25, 0.3) is 0 Å². The first-order chi connectivity index (χ1) is 7.38. The fraction of sp³-hybridized carbons (Fsp3) is 0.400. The van der Waals surface area contributed by atoms with Crippen molar-refractivity contribution in [2.75, 3.05) is 18.6 Å². The van der Waals surface area contributed by atoms with E-state index in [0.717, 1.165) is 0 Å². The third kappa shape index (κ3) is 4.94. The molecular weight excluding hydrogens is 299 g/mol. The van der Waals surface area contributed by atoms with Crippen LogP contribution < -0.4 is 4.74 Å². The Morgan fingerprint density at radius 1 is 1.44 bits per heavy atom. The van der Waals surface area contributed by atoms with Crippen molar-refractivity contribution in [3.05, 3.63) is 28.5 Å². The molecule has 3 nitrogen and oxygen atoms in total. The molecule has 0 heterocycles. The summed E-state index contributed by atoms with van der Waals surface area (Å²) in [5.74, 6) is 0.247. The summed E-state index contributed by atoms with van der Waals surface area (Å²) >= 11 is 3.16. The highest BCUT2D eigenvalue weighted by molar-refractivity contribution is 9.10. The van der Waals surface area contributed by atoms with Crippen LogP contribution in [0.2, 0.25) is 0 Å². The number of ether oxygens (including phenoxy) is 1. The molecule has 0 saturated heterocycles. The molecule has 0 N–H and O–H groups in total. The van der Waals surface area contributed by atoms with Crippen LogP contribution in [-0.2, 0) is 9.84 Å². The Hall–Kier alpha value is -0.620. The Morgan fingerprint density at radius 3 is 2.69 bits per heavy atom. The number of hydrogen-bond acceptors (Lipinski definition) is 3. The zero-order chi connectivity index (χ0) is 12.2. The molecule has 6 heteroatoms. The molecule has 0 unspecified atom stereocenters. The number of rotatable bonds is 5. The minimum atomic E-state index is -2.95. The van der Waals surface area contributed by atoms with Crippen LogP contribution in [0.1, 0.15) is 6.42 Å². The van der Waals surface area contributed by atoms with Gasteiger partial charge in [-0.05, 0) is 40.5 Å². The van der Waals surface area contributed by atoms with Gasteiger partial charge in [0.15, 0.2) is 0 Å². The molecule has 16 heavy (non-hydrogen) atoms. The lowest BCUT2D eigenvalue weighted by atomic mass is 10.3. The van der Waals surface area contributed by atoms with E-state index in [1.165, 1.54) is 24.5 Å². The first-order valence-electron chi connectivity index (χ1n) is 4.64. The first-order valence-corrected chi connectivity index (χ1v) is 7.49. The second-order valence-corrected chi connectivity index (χ2v) is 6.52. The fourth-order valence-electron chi connectivity index (χ4n) is 1.10. The van der Waals surface area contributed by atoms with Crippen molar-refractivity contribution in [1.82, 2.24) is 0 Å². The van der Waals surface area contributed by atoms with Crippen LogP contribution in [-0.4, -0.2) is 27.0 Å². The van der Waals surface area contributed by atoms with E-state index in [1.54, 1.807) is 0 Å². The maximum atomic E-state index is 12.7. The third-order valence-corrected chi connectivity index (χ3v) is 3.46. The van der Waals surface area contributed by atoms with Gasteiger partial charge in [-0.1, -0.05) is 0 Å². The second-order valence-electron chi connectivity index (χ2n) is 3.41. The molecule has 0 saturated carbocycles. The van der Waals surface area contributed by atoms with E-state index >= 15 is 0 Å². The monoisotopic (exact) mass is 310 g/mol. The third-order valence-electron chi connectivity index (χ3n) is 1.81. The zero-order valence-corrected chi connectivity index (χ0v) is 11.1. The highest BCUT2D eigenvalue weighted by Crippen LogP contribution is 2.25. The van der Waals surface area contributed by atoms with Crippen LogP contribution in [0.4, 0.5) is 4.39 Å². The zero-order valence-electron chi connectivity index (χ0n) is 8.74. The molecular formula is C10H12BrFO3S. The Kier molecular flexibility index (Phi) is 4.73. The van der Waals surface area contributed by atoms with E-state index in [0.29, 0.717) is 16.6 Å². The molecule has 0 aliphatic rings. The van der Waals surface area contributed by atoms with Gasteiger partial charge in [-0.3, -0.25) is 0 Å². The van der Waals surface area contributed by atoms with Crippen LogP contribution in [0, 0.1) is 5.82 Å². The average Bonchev–Trinajstić information content (AvgIpc) is 2.13. The van der Waals surface area contributed by atoms with E-state index in [4.69, 9.17) is 4.74 Å². The molecule has 0 fully saturated rings. The highest BCUT2D eigenvalue weighted by atomic mass is 79.9. The van der Waals surface area contributed by atoms with Gasteiger partial charge in [0.1, 0.15) is 21.4 Å². The van der Waals surface area contributed by atoms with Gasteiger partial charge in [-0.25, -0.2) is 12.8 Å². The molecule has 1 aromatic carbocycles. The Labute approximate surface area is 103 Å². The van der Waals surface area contributed by atoms with Crippen LogP contribution in [0.25, 0.3) is 0 Å². The maximum absolute atomic E-state index is 12.7. The Balaban J connectivity index is 2.43. The summed E-state index contributed by atoms with van der Waals surface area (Å²) in [7, 11) is -2.95. The predicted molar refractivity (Wildman–Crippen MR) is 63.9 cm³/mol. The molecule has 90 valence electrons. The van der Waals surface area contributed by atoms with E-state index in [9.17, 15) is 12.8 Å². The molecule has 0 bridgehead atoms. The van der Waals surface area contributed by atoms with Gasteiger partial charge in [0.05, 0.1) is 16.8 Å².